The van der Waals surface area contributed by atoms with Crippen molar-refractivity contribution in [1.29, 1.82) is 0 Å². The van der Waals surface area contributed by atoms with E-state index in [1.165, 1.54) is 23.8 Å². The Balaban J connectivity index is 1.58. The zero-order chi connectivity index (χ0) is 28.8. The van der Waals surface area contributed by atoms with Crippen LogP contribution < -0.4 is 24.4 Å². The summed E-state index contributed by atoms with van der Waals surface area (Å²) in [7, 11) is 4.63. The molecule has 0 aliphatic carbocycles. The lowest BCUT2D eigenvalue weighted by molar-refractivity contribution is -0.127. The van der Waals surface area contributed by atoms with E-state index in [2.05, 4.69) is 15.6 Å². The van der Waals surface area contributed by atoms with Gasteiger partial charge in [0.1, 0.15) is 23.9 Å². The average molecular weight is 560 g/mol. The summed E-state index contributed by atoms with van der Waals surface area (Å²) in [4.78, 5) is 29.7. The maximum atomic E-state index is 14.2. The topological polar surface area (TPSA) is 117 Å². The molecule has 1 aliphatic rings. The Morgan fingerprint density at radius 1 is 1.02 bits per heavy atom. The van der Waals surface area contributed by atoms with Crippen LogP contribution in [0.2, 0.25) is 0 Å². The summed E-state index contributed by atoms with van der Waals surface area (Å²) in [6, 6.07) is 18.6. The van der Waals surface area contributed by atoms with Crippen molar-refractivity contribution >= 4 is 28.5 Å². The summed E-state index contributed by atoms with van der Waals surface area (Å²) in [5.41, 5.74) is 2.42. The summed E-state index contributed by atoms with van der Waals surface area (Å²) in [6.45, 7) is 0.859. The van der Waals surface area contributed by atoms with Gasteiger partial charge in [0.2, 0.25) is 11.8 Å². The molecule has 11 heteroatoms. The predicted octanol–water partition coefficient (Wildman–Crippen LogP) is 3.53. The first kappa shape index (κ1) is 27.9. The van der Waals surface area contributed by atoms with Gasteiger partial charge in [-0.25, -0.2) is 4.68 Å². The number of para-hydroxylation sites is 1. The second-order valence-electron chi connectivity index (χ2n) is 9.59. The first-order chi connectivity index (χ1) is 20.0. The van der Waals surface area contributed by atoms with Crippen molar-refractivity contribution < 1.29 is 28.5 Å². The largest absolute Gasteiger partial charge is 0.497 e. The standard InChI is InChI=1S/C30H33N5O6/c1-38-22-13-10-20(11-14-22)29(30(37)31-18-23-7-6-16-41-23)35(21-12-15-26(39-2)27(17-21)40-3)28(36)19-34-25-9-5-4-8-24(25)32-33-34/h4-5,8-15,17,23,29H,6-7,16,18-19H2,1-3H3,(H,31,37)/t23-,29-/m0/s1. The number of ether oxygens (including phenoxy) is 4. The number of rotatable bonds is 11. The number of methoxy groups -OCH3 is 3. The zero-order valence-corrected chi connectivity index (χ0v) is 23.3. The Hall–Kier alpha value is -4.64. The number of aromatic nitrogens is 3. The van der Waals surface area contributed by atoms with Gasteiger partial charge in [-0.1, -0.05) is 29.5 Å². The molecule has 0 radical (unpaired) electrons. The van der Waals surface area contributed by atoms with Crippen molar-refractivity contribution in [1.82, 2.24) is 20.3 Å². The molecule has 11 nitrogen and oxygen atoms in total. The highest BCUT2D eigenvalue weighted by Crippen LogP contribution is 2.36. The highest BCUT2D eigenvalue weighted by molar-refractivity contribution is 6.01. The van der Waals surface area contributed by atoms with Crippen LogP contribution in [0.3, 0.4) is 0 Å². The molecule has 2 heterocycles. The van der Waals surface area contributed by atoms with E-state index in [1.807, 2.05) is 24.3 Å². The summed E-state index contributed by atoms with van der Waals surface area (Å²) >= 11 is 0. The number of hydrogen-bond acceptors (Lipinski definition) is 8. The molecule has 0 spiro atoms. The van der Waals surface area contributed by atoms with Gasteiger partial charge in [-0.05, 0) is 54.8 Å². The van der Waals surface area contributed by atoms with Gasteiger partial charge in [0, 0.05) is 24.9 Å². The number of hydrogen-bond donors (Lipinski definition) is 1. The van der Waals surface area contributed by atoms with E-state index in [9.17, 15) is 9.59 Å². The Kier molecular flexibility index (Phi) is 8.64. The van der Waals surface area contributed by atoms with Crippen LogP contribution in [-0.4, -0.2) is 67.4 Å². The Labute approximate surface area is 237 Å². The summed E-state index contributed by atoms with van der Waals surface area (Å²) in [5.74, 6) is 0.820. The van der Waals surface area contributed by atoms with E-state index in [-0.39, 0.29) is 24.5 Å². The number of carbonyl (C=O) groups excluding carboxylic acids is 2. The van der Waals surface area contributed by atoms with Gasteiger partial charge in [0.15, 0.2) is 11.5 Å². The lowest BCUT2D eigenvalue weighted by Crippen LogP contribution is -2.46. The van der Waals surface area contributed by atoms with Crippen molar-refractivity contribution in [2.75, 3.05) is 39.4 Å². The molecule has 1 saturated heterocycles. The van der Waals surface area contributed by atoms with Crippen LogP contribution in [0.15, 0.2) is 66.7 Å². The van der Waals surface area contributed by atoms with Crippen molar-refractivity contribution in [3.05, 3.63) is 72.3 Å². The van der Waals surface area contributed by atoms with Crippen LogP contribution >= 0.6 is 0 Å². The lowest BCUT2D eigenvalue weighted by atomic mass is 10.0. The van der Waals surface area contributed by atoms with Crippen LogP contribution in [0, 0.1) is 0 Å². The SMILES string of the molecule is COc1ccc([C@@H](C(=O)NC[C@@H]2CCCO2)N(C(=O)Cn2nnc3ccccc32)c2ccc(OC)c(OC)c2)cc1. The summed E-state index contributed by atoms with van der Waals surface area (Å²) < 4.78 is 23.5. The Morgan fingerprint density at radius 2 is 1.80 bits per heavy atom. The van der Waals surface area contributed by atoms with Gasteiger partial charge in [0.25, 0.3) is 0 Å². The van der Waals surface area contributed by atoms with E-state index >= 15 is 0 Å². The molecule has 1 aromatic heterocycles. The number of anilines is 1. The van der Waals surface area contributed by atoms with Gasteiger partial charge < -0.3 is 24.3 Å². The number of benzene rings is 3. The van der Waals surface area contributed by atoms with E-state index in [4.69, 9.17) is 18.9 Å². The number of fused-ring (bicyclic) bond motifs is 1. The second-order valence-corrected chi connectivity index (χ2v) is 9.59. The highest BCUT2D eigenvalue weighted by Gasteiger charge is 2.34. The maximum Gasteiger partial charge on any atom is 0.249 e. The van der Waals surface area contributed by atoms with Crippen LogP contribution in [0.1, 0.15) is 24.4 Å². The highest BCUT2D eigenvalue weighted by atomic mass is 16.5. The molecule has 2 amide bonds. The minimum Gasteiger partial charge on any atom is -0.497 e. The molecular weight excluding hydrogens is 526 g/mol. The third kappa shape index (κ3) is 6.09. The molecule has 1 aliphatic heterocycles. The average Bonchev–Trinajstić information content (AvgIpc) is 3.69. The molecule has 5 rings (SSSR count). The molecule has 1 fully saturated rings. The third-order valence-electron chi connectivity index (χ3n) is 7.09. The van der Waals surface area contributed by atoms with E-state index in [1.54, 1.807) is 49.6 Å². The quantitative estimate of drug-likeness (QED) is 0.297. The lowest BCUT2D eigenvalue weighted by Gasteiger charge is -2.32. The molecule has 0 bridgehead atoms. The molecule has 2 atom stereocenters. The molecule has 3 aromatic carbocycles. The second kappa shape index (κ2) is 12.7. The molecular formula is C30H33N5O6. The third-order valence-corrected chi connectivity index (χ3v) is 7.09. The predicted molar refractivity (Wildman–Crippen MR) is 152 cm³/mol. The Morgan fingerprint density at radius 3 is 2.51 bits per heavy atom. The fourth-order valence-electron chi connectivity index (χ4n) is 4.97. The molecule has 214 valence electrons. The Bertz CT molecular complexity index is 1500. The van der Waals surface area contributed by atoms with Gasteiger partial charge in [-0.15, -0.1) is 5.10 Å². The molecule has 1 N–H and O–H groups in total. The zero-order valence-electron chi connectivity index (χ0n) is 23.3. The minimum atomic E-state index is -1.03. The van der Waals surface area contributed by atoms with Crippen molar-refractivity contribution in [2.24, 2.45) is 0 Å². The minimum absolute atomic E-state index is 0.0674. The van der Waals surface area contributed by atoms with Crippen LogP contribution in [0.25, 0.3) is 11.0 Å². The van der Waals surface area contributed by atoms with Gasteiger partial charge in [-0.2, -0.15) is 0 Å². The van der Waals surface area contributed by atoms with Gasteiger partial charge in [-0.3, -0.25) is 14.5 Å². The van der Waals surface area contributed by atoms with Gasteiger partial charge in [0.05, 0.1) is 33.0 Å². The normalized spacial score (nSPS) is 15.3. The summed E-state index contributed by atoms with van der Waals surface area (Å²) in [6.07, 6.45) is 1.75. The van der Waals surface area contributed by atoms with Crippen LogP contribution in [-0.2, 0) is 20.9 Å². The molecule has 0 unspecified atom stereocenters. The molecule has 4 aromatic rings. The number of nitrogens with one attached hydrogen (secondary N) is 1. The van der Waals surface area contributed by atoms with Crippen molar-refractivity contribution in [2.45, 2.75) is 31.5 Å². The molecule has 0 saturated carbocycles. The smallest absolute Gasteiger partial charge is 0.249 e. The van der Waals surface area contributed by atoms with Crippen LogP contribution in [0.4, 0.5) is 5.69 Å². The van der Waals surface area contributed by atoms with E-state index < -0.39 is 6.04 Å². The van der Waals surface area contributed by atoms with E-state index in [0.29, 0.717) is 52.7 Å². The maximum absolute atomic E-state index is 14.2. The number of amides is 2. The monoisotopic (exact) mass is 559 g/mol. The van der Waals surface area contributed by atoms with Gasteiger partial charge >= 0.3 is 0 Å². The van der Waals surface area contributed by atoms with Crippen molar-refractivity contribution in [3.8, 4) is 17.2 Å². The van der Waals surface area contributed by atoms with E-state index in [0.717, 1.165) is 12.8 Å². The summed E-state index contributed by atoms with van der Waals surface area (Å²) in [5, 5.41) is 11.4. The van der Waals surface area contributed by atoms with Crippen LogP contribution in [0.5, 0.6) is 17.2 Å². The fourth-order valence-corrected chi connectivity index (χ4v) is 4.97. The fraction of sp³-hybridized carbons (Fsp3) is 0.333. The van der Waals surface area contributed by atoms with Crippen molar-refractivity contribution in [3.63, 3.8) is 0 Å². The number of nitrogens with zero attached hydrogens (tertiary/aromatic N) is 4. The number of carbonyl (C=O) groups is 2. The molecule has 41 heavy (non-hydrogen) atoms. The first-order valence-corrected chi connectivity index (χ1v) is 13.4. The first-order valence-electron chi connectivity index (χ1n) is 13.4.